The largest absolute Gasteiger partial charge is 0.351 e. The van der Waals surface area contributed by atoms with E-state index >= 15 is 0 Å². The van der Waals surface area contributed by atoms with Gasteiger partial charge in [0.2, 0.25) is 5.91 Å². The summed E-state index contributed by atoms with van der Waals surface area (Å²) in [5.41, 5.74) is 6.13. The number of rotatable bonds is 4. The minimum atomic E-state index is -0.328. The topological polar surface area (TPSA) is 55.1 Å². The summed E-state index contributed by atoms with van der Waals surface area (Å²) in [4.78, 5) is 12.0. The van der Waals surface area contributed by atoms with Crippen molar-refractivity contribution >= 4 is 5.91 Å². The zero-order valence-electron chi connectivity index (χ0n) is 11.2. The molecule has 18 heavy (non-hydrogen) atoms. The second-order valence-electron chi connectivity index (χ2n) is 5.51. The van der Waals surface area contributed by atoms with Crippen LogP contribution in [0.3, 0.4) is 0 Å². The minimum Gasteiger partial charge on any atom is -0.351 e. The molecule has 3 N–H and O–H groups in total. The van der Waals surface area contributed by atoms with E-state index in [4.69, 9.17) is 5.73 Å². The van der Waals surface area contributed by atoms with Gasteiger partial charge >= 0.3 is 0 Å². The first kappa shape index (κ1) is 14.6. The SMILES string of the molecule is CC(C)(C)NC(=O)C(CN)Cc1cccc(F)c1. The zero-order valence-corrected chi connectivity index (χ0v) is 11.2. The Bertz CT molecular complexity index is 413. The van der Waals surface area contributed by atoms with Crippen molar-refractivity contribution in [2.75, 3.05) is 6.54 Å². The standard InChI is InChI=1S/C14H21FN2O/c1-14(2,3)17-13(18)11(9-16)7-10-5-4-6-12(15)8-10/h4-6,8,11H,7,9,16H2,1-3H3,(H,17,18). The van der Waals surface area contributed by atoms with Gasteiger partial charge in [0.25, 0.3) is 0 Å². The Kier molecular flexibility index (Phi) is 4.84. The van der Waals surface area contributed by atoms with Crippen molar-refractivity contribution in [1.82, 2.24) is 5.32 Å². The van der Waals surface area contributed by atoms with Crippen LogP contribution in [0.25, 0.3) is 0 Å². The Morgan fingerprint density at radius 1 is 1.44 bits per heavy atom. The molecule has 1 rings (SSSR count). The lowest BCUT2D eigenvalue weighted by Gasteiger charge is -2.24. The van der Waals surface area contributed by atoms with Crippen LogP contribution in [0.4, 0.5) is 4.39 Å². The predicted molar refractivity (Wildman–Crippen MR) is 70.5 cm³/mol. The van der Waals surface area contributed by atoms with Crippen LogP contribution in [0, 0.1) is 11.7 Å². The molecule has 0 spiro atoms. The van der Waals surface area contributed by atoms with Gasteiger partial charge in [-0.2, -0.15) is 0 Å². The molecule has 1 amide bonds. The van der Waals surface area contributed by atoms with Gasteiger partial charge in [0.1, 0.15) is 5.82 Å². The van der Waals surface area contributed by atoms with Crippen LogP contribution in [-0.2, 0) is 11.2 Å². The van der Waals surface area contributed by atoms with E-state index in [1.165, 1.54) is 12.1 Å². The van der Waals surface area contributed by atoms with Crippen LogP contribution in [0.5, 0.6) is 0 Å². The Morgan fingerprint density at radius 3 is 2.61 bits per heavy atom. The van der Waals surface area contributed by atoms with Gasteiger partial charge in [0, 0.05) is 12.1 Å². The van der Waals surface area contributed by atoms with Crippen LogP contribution < -0.4 is 11.1 Å². The summed E-state index contributed by atoms with van der Waals surface area (Å²) in [6.07, 6.45) is 0.455. The van der Waals surface area contributed by atoms with Crippen molar-refractivity contribution in [3.8, 4) is 0 Å². The average Bonchev–Trinajstić information content (AvgIpc) is 2.23. The number of benzene rings is 1. The van der Waals surface area contributed by atoms with Crippen LogP contribution in [0.2, 0.25) is 0 Å². The molecule has 1 atom stereocenters. The van der Waals surface area contributed by atoms with Crippen LogP contribution in [0.1, 0.15) is 26.3 Å². The van der Waals surface area contributed by atoms with Crippen molar-refractivity contribution in [3.05, 3.63) is 35.6 Å². The minimum absolute atomic E-state index is 0.0886. The second-order valence-corrected chi connectivity index (χ2v) is 5.51. The molecule has 1 aromatic rings. The van der Waals surface area contributed by atoms with Gasteiger partial charge in [0.15, 0.2) is 0 Å². The van der Waals surface area contributed by atoms with E-state index in [2.05, 4.69) is 5.32 Å². The number of hydrogen-bond acceptors (Lipinski definition) is 2. The predicted octanol–water partition coefficient (Wildman–Crippen LogP) is 1.86. The van der Waals surface area contributed by atoms with Crippen molar-refractivity contribution < 1.29 is 9.18 Å². The van der Waals surface area contributed by atoms with Crippen molar-refractivity contribution in [1.29, 1.82) is 0 Å². The zero-order chi connectivity index (χ0) is 13.8. The fourth-order valence-electron chi connectivity index (χ4n) is 1.70. The average molecular weight is 252 g/mol. The highest BCUT2D eigenvalue weighted by atomic mass is 19.1. The Balaban J connectivity index is 2.70. The van der Waals surface area contributed by atoms with Crippen molar-refractivity contribution in [3.63, 3.8) is 0 Å². The molecule has 0 aromatic heterocycles. The first-order valence-corrected chi connectivity index (χ1v) is 6.08. The fraction of sp³-hybridized carbons (Fsp3) is 0.500. The molecule has 0 aliphatic rings. The number of halogens is 1. The Morgan fingerprint density at radius 2 is 2.11 bits per heavy atom. The summed E-state index contributed by atoms with van der Waals surface area (Å²) in [5, 5.41) is 2.89. The molecule has 4 heteroatoms. The maximum atomic E-state index is 13.1. The third-order valence-electron chi connectivity index (χ3n) is 2.52. The number of amides is 1. The molecule has 0 bridgehead atoms. The summed E-state index contributed by atoms with van der Waals surface area (Å²) < 4.78 is 13.1. The number of nitrogens with two attached hydrogens (primary N) is 1. The van der Waals surface area contributed by atoms with E-state index in [-0.39, 0.29) is 29.7 Å². The molecule has 0 saturated carbocycles. The lowest BCUT2D eigenvalue weighted by atomic mass is 9.97. The molecular weight excluding hydrogens is 231 g/mol. The molecule has 0 heterocycles. The van der Waals surface area contributed by atoms with Gasteiger partial charge in [-0.3, -0.25) is 4.79 Å². The van der Waals surface area contributed by atoms with E-state index in [0.29, 0.717) is 6.42 Å². The van der Waals surface area contributed by atoms with Crippen molar-refractivity contribution in [2.45, 2.75) is 32.7 Å². The highest BCUT2D eigenvalue weighted by Gasteiger charge is 2.22. The smallest absolute Gasteiger partial charge is 0.225 e. The number of carbonyl (C=O) groups is 1. The van der Waals surface area contributed by atoms with E-state index in [0.717, 1.165) is 5.56 Å². The maximum absolute atomic E-state index is 13.1. The summed E-state index contributed by atoms with van der Waals surface area (Å²) in [6, 6.07) is 6.26. The summed E-state index contributed by atoms with van der Waals surface area (Å²) >= 11 is 0. The first-order chi connectivity index (χ1) is 8.31. The third-order valence-corrected chi connectivity index (χ3v) is 2.52. The molecule has 3 nitrogen and oxygen atoms in total. The summed E-state index contributed by atoms with van der Waals surface area (Å²) in [5.74, 6) is -0.709. The highest BCUT2D eigenvalue weighted by molar-refractivity contribution is 5.79. The van der Waals surface area contributed by atoms with Gasteiger partial charge < -0.3 is 11.1 Å². The Hall–Kier alpha value is -1.42. The molecule has 0 radical (unpaired) electrons. The maximum Gasteiger partial charge on any atom is 0.225 e. The molecule has 0 fully saturated rings. The first-order valence-electron chi connectivity index (χ1n) is 6.08. The summed E-state index contributed by atoms with van der Waals surface area (Å²) in [7, 11) is 0. The summed E-state index contributed by atoms with van der Waals surface area (Å²) in [6.45, 7) is 6.00. The van der Waals surface area contributed by atoms with Gasteiger partial charge in [-0.05, 0) is 44.9 Å². The van der Waals surface area contributed by atoms with Crippen LogP contribution >= 0.6 is 0 Å². The van der Waals surface area contributed by atoms with E-state index in [1.54, 1.807) is 12.1 Å². The highest BCUT2D eigenvalue weighted by Crippen LogP contribution is 2.11. The van der Waals surface area contributed by atoms with Crippen molar-refractivity contribution in [2.24, 2.45) is 11.7 Å². The lowest BCUT2D eigenvalue weighted by molar-refractivity contribution is -0.126. The van der Waals surface area contributed by atoms with Gasteiger partial charge in [0.05, 0.1) is 5.92 Å². The van der Waals surface area contributed by atoms with Gasteiger partial charge in [-0.15, -0.1) is 0 Å². The molecule has 100 valence electrons. The molecule has 0 aliphatic heterocycles. The molecule has 0 aliphatic carbocycles. The fourth-order valence-corrected chi connectivity index (χ4v) is 1.70. The third kappa shape index (κ3) is 4.84. The Labute approximate surface area is 108 Å². The van der Waals surface area contributed by atoms with E-state index < -0.39 is 0 Å². The molecule has 1 aromatic carbocycles. The lowest BCUT2D eigenvalue weighted by Crippen LogP contribution is -2.46. The van der Waals surface area contributed by atoms with Crippen LogP contribution in [0.15, 0.2) is 24.3 Å². The van der Waals surface area contributed by atoms with E-state index in [1.807, 2.05) is 20.8 Å². The number of nitrogens with one attached hydrogen (secondary N) is 1. The molecule has 0 saturated heterocycles. The molecular formula is C14H21FN2O. The quantitative estimate of drug-likeness (QED) is 0.859. The number of carbonyl (C=O) groups excluding carboxylic acids is 1. The van der Waals surface area contributed by atoms with E-state index in [9.17, 15) is 9.18 Å². The molecule has 1 unspecified atom stereocenters. The van der Waals surface area contributed by atoms with Crippen LogP contribution in [-0.4, -0.2) is 18.0 Å². The number of hydrogen-bond donors (Lipinski definition) is 2. The normalized spacial score (nSPS) is 13.2. The monoisotopic (exact) mass is 252 g/mol. The van der Waals surface area contributed by atoms with Gasteiger partial charge in [-0.25, -0.2) is 4.39 Å². The van der Waals surface area contributed by atoms with Gasteiger partial charge in [-0.1, -0.05) is 12.1 Å². The second kappa shape index (κ2) is 5.96.